The first-order chi connectivity index (χ1) is 5.24. The van der Waals surface area contributed by atoms with E-state index in [1.54, 1.807) is 0 Å². The molecule has 0 spiro atoms. The highest BCUT2D eigenvalue weighted by Crippen LogP contribution is 2.16. The van der Waals surface area contributed by atoms with E-state index in [1.165, 1.54) is 0 Å². The molecule has 0 amide bonds. The molecule has 0 radical (unpaired) electrons. The average molecular weight is 209 g/mol. The maximum Gasteiger partial charge on any atom is 0.249 e. The van der Waals surface area contributed by atoms with Gasteiger partial charge in [0.05, 0.1) is 0 Å². The van der Waals surface area contributed by atoms with E-state index in [9.17, 15) is 4.79 Å². The van der Waals surface area contributed by atoms with Crippen LogP contribution in [0.5, 0.6) is 0 Å². The highest BCUT2D eigenvalue weighted by molar-refractivity contribution is 6.71. The maximum atomic E-state index is 10.9. The molecule has 1 atom stereocenters. The summed E-state index contributed by atoms with van der Waals surface area (Å²) in [6.07, 6.45) is -0.432. The van der Waals surface area contributed by atoms with Gasteiger partial charge in [-0.25, -0.2) is 0 Å². The number of hydrogen-bond donors (Lipinski definition) is 0. The molecule has 0 unspecified atom stereocenters. The van der Waals surface area contributed by atoms with Gasteiger partial charge in [0.25, 0.3) is 0 Å². The third-order valence-electron chi connectivity index (χ3n) is 1.31. The Hall–Kier alpha value is 0.137. The van der Waals surface area contributed by atoms with Crippen molar-refractivity contribution in [3.63, 3.8) is 0 Å². The first-order valence-corrected chi connectivity index (χ1v) is 7.90. The number of halogens is 1. The largest absolute Gasteiger partial charge is 0.406 e. The summed E-state index contributed by atoms with van der Waals surface area (Å²) in [5.41, 5.74) is 0. The van der Waals surface area contributed by atoms with E-state index in [1.807, 2.05) is 33.5 Å². The molecular weight excluding hydrogens is 192 g/mol. The lowest BCUT2D eigenvalue weighted by Gasteiger charge is -2.26. The van der Waals surface area contributed by atoms with Crippen molar-refractivity contribution in [2.75, 3.05) is 0 Å². The van der Waals surface area contributed by atoms with Crippen LogP contribution < -0.4 is 0 Å². The van der Waals surface area contributed by atoms with Crippen LogP contribution >= 0.6 is 11.6 Å². The Morgan fingerprint density at radius 1 is 1.33 bits per heavy atom. The Balaban J connectivity index is 4.25. The van der Waals surface area contributed by atoms with E-state index in [4.69, 9.17) is 16.0 Å². The van der Waals surface area contributed by atoms with Gasteiger partial charge in [0.15, 0.2) is 8.32 Å². The molecule has 0 saturated heterocycles. The number of hydrogen-bond acceptors (Lipinski definition) is 2. The first-order valence-electron chi connectivity index (χ1n) is 4.11. The van der Waals surface area contributed by atoms with Crippen LogP contribution in [-0.4, -0.2) is 19.7 Å². The molecule has 0 heterocycles. The number of carbonyl (C=O) groups is 1. The van der Waals surface area contributed by atoms with Gasteiger partial charge in [-0.1, -0.05) is 13.8 Å². The quantitative estimate of drug-likeness (QED) is 0.525. The summed E-state index contributed by atoms with van der Waals surface area (Å²) in [4.78, 5) is 10.9. The fraction of sp³-hybridized carbons (Fsp3) is 0.875. The fourth-order valence-electron chi connectivity index (χ4n) is 0.825. The van der Waals surface area contributed by atoms with E-state index in [-0.39, 0.29) is 11.2 Å². The molecule has 0 aromatic rings. The Morgan fingerprint density at radius 2 is 1.75 bits per heavy atom. The first kappa shape index (κ1) is 12.1. The average Bonchev–Trinajstić information content (AvgIpc) is 1.79. The summed E-state index contributed by atoms with van der Waals surface area (Å²) in [6, 6.07) is 0. The molecule has 0 aromatic heterocycles. The molecule has 4 heteroatoms. The predicted molar refractivity (Wildman–Crippen MR) is 53.9 cm³/mol. The number of rotatable bonds is 4. The summed E-state index contributed by atoms with van der Waals surface area (Å²) >= 11 is 5.40. The lowest BCUT2D eigenvalue weighted by molar-refractivity contribution is -0.119. The van der Waals surface area contributed by atoms with E-state index in [2.05, 4.69) is 0 Å². The molecule has 0 aromatic carbocycles. The normalized spacial score (nSPS) is 14.9. The van der Waals surface area contributed by atoms with Crippen molar-refractivity contribution in [2.45, 2.75) is 39.6 Å². The second-order valence-electron chi connectivity index (χ2n) is 4.20. The molecule has 2 nitrogen and oxygen atoms in total. The zero-order valence-corrected chi connectivity index (χ0v) is 10.1. The van der Waals surface area contributed by atoms with E-state index >= 15 is 0 Å². The molecule has 0 saturated carbocycles. The van der Waals surface area contributed by atoms with Crippen molar-refractivity contribution in [1.29, 1.82) is 0 Å². The van der Waals surface area contributed by atoms with Gasteiger partial charge in [-0.15, -0.1) is 0 Å². The van der Waals surface area contributed by atoms with Crippen LogP contribution in [0.3, 0.4) is 0 Å². The van der Waals surface area contributed by atoms with E-state index < -0.39 is 14.4 Å². The summed E-state index contributed by atoms with van der Waals surface area (Å²) in [7, 11) is -1.65. The second kappa shape index (κ2) is 4.39. The van der Waals surface area contributed by atoms with Gasteiger partial charge >= 0.3 is 0 Å². The summed E-state index contributed by atoms with van der Waals surface area (Å²) < 4.78 is 5.62. The highest BCUT2D eigenvalue weighted by Gasteiger charge is 2.27. The van der Waals surface area contributed by atoms with Crippen molar-refractivity contribution < 1.29 is 9.22 Å². The van der Waals surface area contributed by atoms with Gasteiger partial charge in [-0.3, -0.25) is 4.79 Å². The number of carbonyl (C=O) groups excluding carboxylic acids is 1. The molecule has 0 fully saturated rings. The van der Waals surface area contributed by atoms with E-state index in [0.29, 0.717) is 0 Å². The van der Waals surface area contributed by atoms with Crippen molar-refractivity contribution in [3.05, 3.63) is 0 Å². The standard InChI is InChI=1S/C8H17ClO2Si/c1-6(2)7(8(9)10)11-12(3,4)5/h6-7H,1-5H3/t7-/m0/s1. The van der Waals surface area contributed by atoms with Crippen LogP contribution in [0.15, 0.2) is 0 Å². The van der Waals surface area contributed by atoms with Crippen molar-refractivity contribution >= 4 is 25.2 Å². The molecular formula is C8H17ClO2Si. The van der Waals surface area contributed by atoms with Gasteiger partial charge in [-0.2, -0.15) is 0 Å². The van der Waals surface area contributed by atoms with Gasteiger partial charge in [0.2, 0.25) is 5.24 Å². The topological polar surface area (TPSA) is 26.3 Å². The highest BCUT2D eigenvalue weighted by atomic mass is 35.5. The molecule has 0 aliphatic carbocycles. The Labute approximate surface area is 80.4 Å². The lowest BCUT2D eigenvalue weighted by atomic mass is 10.1. The van der Waals surface area contributed by atoms with Crippen molar-refractivity contribution in [1.82, 2.24) is 0 Å². The zero-order chi connectivity index (χ0) is 9.94. The summed E-state index contributed by atoms with van der Waals surface area (Å²) in [5, 5.41) is -0.382. The zero-order valence-electron chi connectivity index (χ0n) is 8.35. The molecule has 0 rings (SSSR count). The Morgan fingerprint density at radius 3 is 1.83 bits per heavy atom. The minimum atomic E-state index is -1.65. The summed E-state index contributed by atoms with van der Waals surface area (Å²) in [5.74, 6) is 0.154. The van der Waals surface area contributed by atoms with E-state index in [0.717, 1.165) is 0 Å². The smallest absolute Gasteiger partial charge is 0.249 e. The van der Waals surface area contributed by atoms with Crippen LogP contribution in [0.1, 0.15) is 13.8 Å². The monoisotopic (exact) mass is 208 g/mol. The van der Waals surface area contributed by atoms with Crippen LogP contribution in [0, 0.1) is 5.92 Å². The third-order valence-corrected chi connectivity index (χ3v) is 2.49. The summed E-state index contributed by atoms with van der Waals surface area (Å²) in [6.45, 7) is 10.0. The third kappa shape index (κ3) is 4.90. The second-order valence-corrected chi connectivity index (χ2v) is 9.03. The Bertz CT molecular complexity index is 163. The fourth-order valence-corrected chi connectivity index (χ4v) is 2.34. The molecule has 0 aliphatic heterocycles. The molecule has 12 heavy (non-hydrogen) atoms. The van der Waals surface area contributed by atoms with Crippen LogP contribution in [0.2, 0.25) is 19.6 Å². The lowest BCUT2D eigenvalue weighted by Crippen LogP contribution is -2.38. The minimum Gasteiger partial charge on any atom is -0.406 e. The SMILES string of the molecule is CC(C)[C@H](O[Si](C)(C)C)C(=O)Cl. The van der Waals surface area contributed by atoms with Crippen LogP contribution in [-0.2, 0) is 9.22 Å². The Kier molecular flexibility index (Phi) is 4.44. The minimum absolute atomic E-state index is 0.154. The van der Waals surface area contributed by atoms with Gasteiger partial charge in [-0.05, 0) is 37.2 Å². The molecule has 0 N–H and O–H groups in total. The molecule has 72 valence electrons. The van der Waals surface area contributed by atoms with Gasteiger partial charge < -0.3 is 4.43 Å². The maximum absolute atomic E-state index is 10.9. The molecule has 0 aliphatic rings. The van der Waals surface area contributed by atoms with Crippen LogP contribution in [0.4, 0.5) is 0 Å². The van der Waals surface area contributed by atoms with Crippen molar-refractivity contribution in [3.8, 4) is 0 Å². The van der Waals surface area contributed by atoms with Crippen LogP contribution in [0.25, 0.3) is 0 Å². The van der Waals surface area contributed by atoms with Crippen molar-refractivity contribution in [2.24, 2.45) is 5.92 Å². The predicted octanol–water partition coefficient (Wildman–Crippen LogP) is 2.63. The molecule has 0 bridgehead atoms. The van der Waals surface area contributed by atoms with Gasteiger partial charge in [0.1, 0.15) is 6.10 Å². The van der Waals surface area contributed by atoms with Gasteiger partial charge in [0, 0.05) is 0 Å².